The van der Waals surface area contributed by atoms with Crippen LogP contribution in [0.15, 0.2) is 24.3 Å². The topological polar surface area (TPSA) is 62.8 Å². The van der Waals surface area contributed by atoms with Gasteiger partial charge in [-0.05, 0) is 12.5 Å². The summed E-state index contributed by atoms with van der Waals surface area (Å²) in [5.41, 5.74) is 2.48. The van der Waals surface area contributed by atoms with Gasteiger partial charge in [0.25, 0.3) is 0 Å². The molecule has 6 heteroatoms. The Hall–Kier alpha value is -1.47. The minimum absolute atomic E-state index is 0.0145. The number of hydrogen-bond donors (Lipinski definition) is 2. The van der Waals surface area contributed by atoms with E-state index >= 15 is 0 Å². The highest BCUT2D eigenvalue weighted by Gasteiger charge is 2.26. The lowest BCUT2D eigenvalue weighted by atomic mass is 10.0. The number of nitrogens with zero attached hydrogens (tertiary/aromatic N) is 1. The van der Waals surface area contributed by atoms with Gasteiger partial charge >= 0.3 is 0 Å². The molecule has 1 amide bonds. The van der Waals surface area contributed by atoms with Crippen molar-refractivity contribution in [3.63, 3.8) is 0 Å². The lowest BCUT2D eigenvalue weighted by molar-refractivity contribution is -0.126. The van der Waals surface area contributed by atoms with Gasteiger partial charge in [-0.25, -0.2) is 0 Å². The van der Waals surface area contributed by atoms with Crippen molar-refractivity contribution in [2.24, 2.45) is 0 Å². The summed E-state index contributed by atoms with van der Waals surface area (Å²) in [7, 11) is 0. The average molecular weight is 333 g/mol. The number of carbonyl (C=O) groups is 1. The van der Waals surface area contributed by atoms with Crippen LogP contribution < -0.4 is 10.6 Å². The number of rotatable bonds is 5. The molecule has 2 aliphatic heterocycles. The molecule has 24 heavy (non-hydrogen) atoms. The first-order chi connectivity index (χ1) is 11.7. The van der Waals surface area contributed by atoms with Crippen LogP contribution in [-0.2, 0) is 14.3 Å². The van der Waals surface area contributed by atoms with Crippen molar-refractivity contribution >= 4 is 5.91 Å². The number of morpholine rings is 2. The Bertz CT molecular complexity index is 540. The third-order valence-corrected chi connectivity index (χ3v) is 4.62. The second kappa shape index (κ2) is 8.58. The Morgan fingerprint density at radius 1 is 1.33 bits per heavy atom. The fourth-order valence-electron chi connectivity index (χ4n) is 3.28. The zero-order chi connectivity index (χ0) is 16.8. The Kier molecular flexibility index (Phi) is 6.20. The summed E-state index contributed by atoms with van der Waals surface area (Å²) in [6.45, 7) is 7.80. The fraction of sp³-hybridized carbons (Fsp3) is 0.611. The van der Waals surface area contributed by atoms with Crippen LogP contribution in [0.5, 0.6) is 0 Å². The number of carbonyl (C=O) groups excluding carboxylic acids is 1. The summed E-state index contributed by atoms with van der Waals surface area (Å²) >= 11 is 0. The first-order valence-corrected chi connectivity index (χ1v) is 8.71. The molecule has 3 rings (SSSR count). The highest BCUT2D eigenvalue weighted by Crippen LogP contribution is 2.22. The van der Waals surface area contributed by atoms with Gasteiger partial charge in [0, 0.05) is 26.2 Å². The van der Waals surface area contributed by atoms with E-state index in [1.54, 1.807) is 0 Å². The zero-order valence-electron chi connectivity index (χ0n) is 14.3. The number of nitrogens with one attached hydrogen (secondary N) is 2. The second-order valence-corrected chi connectivity index (χ2v) is 6.41. The molecule has 0 spiro atoms. The lowest BCUT2D eigenvalue weighted by Gasteiger charge is -2.35. The van der Waals surface area contributed by atoms with Crippen LogP contribution >= 0.6 is 0 Å². The first kappa shape index (κ1) is 17.4. The van der Waals surface area contributed by atoms with Crippen LogP contribution in [0.4, 0.5) is 0 Å². The molecule has 0 aliphatic carbocycles. The van der Waals surface area contributed by atoms with Crippen molar-refractivity contribution in [2.75, 3.05) is 52.6 Å². The Morgan fingerprint density at radius 2 is 2.17 bits per heavy atom. The van der Waals surface area contributed by atoms with Crippen LogP contribution in [0.25, 0.3) is 0 Å². The number of hydrogen-bond acceptors (Lipinski definition) is 5. The van der Waals surface area contributed by atoms with E-state index in [1.807, 2.05) is 0 Å². The van der Waals surface area contributed by atoms with E-state index in [0.29, 0.717) is 19.8 Å². The Balaban J connectivity index is 1.66. The Labute approximate surface area is 143 Å². The fourth-order valence-corrected chi connectivity index (χ4v) is 3.28. The molecule has 1 aromatic rings. The van der Waals surface area contributed by atoms with Crippen molar-refractivity contribution in [3.05, 3.63) is 35.4 Å². The molecule has 2 heterocycles. The number of benzene rings is 1. The molecular weight excluding hydrogens is 306 g/mol. The smallest absolute Gasteiger partial charge is 0.239 e. The van der Waals surface area contributed by atoms with Crippen LogP contribution in [0.1, 0.15) is 17.2 Å². The molecule has 0 saturated carbocycles. The SMILES string of the molecule is Cc1cccc(C(CNC(=O)C2COCCN2)N2CCOCC2)c1. The number of ether oxygens (including phenoxy) is 2. The predicted octanol–water partition coefficient (Wildman–Crippen LogP) is 0.473. The maximum atomic E-state index is 12.4. The summed E-state index contributed by atoms with van der Waals surface area (Å²) in [5.74, 6) is 0.0145. The molecule has 2 fully saturated rings. The molecular formula is C18H27N3O3. The van der Waals surface area contributed by atoms with Gasteiger partial charge in [-0.1, -0.05) is 29.8 Å². The monoisotopic (exact) mass is 333 g/mol. The van der Waals surface area contributed by atoms with Crippen LogP contribution in [-0.4, -0.2) is 69.5 Å². The highest BCUT2D eigenvalue weighted by molar-refractivity contribution is 5.82. The summed E-state index contributed by atoms with van der Waals surface area (Å²) < 4.78 is 10.9. The van der Waals surface area contributed by atoms with Gasteiger partial charge < -0.3 is 20.1 Å². The molecule has 2 unspecified atom stereocenters. The van der Waals surface area contributed by atoms with Gasteiger partial charge in [-0.2, -0.15) is 0 Å². The van der Waals surface area contributed by atoms with Gasteiger partial charge in [0.2, 0.25) is 5.91 Å². The molecule has 132 valence electrons. The largest absolute Gasteiger partial charge is 0.379 e. The van der Waals surface area contributed by atoms with Gasteiger partial charge in [0.05, 0.1) is 32.5 Å². The second-order valence-electron chi connectivity index (χ2n) is 6.41. The van der Waals surface area contributed by atoms with Gasteiger partial charge in [0.15, 0.2) is 0 Å². The molecule has 6 nitrogen and oxygen atoms in total. The molecule has 2 saturated heterocycles. The van der Waals surface area contributed by atoms with Crippen LogP contribution in [0.3, 0.4) is 0 Å². The first-order valence-electron chi connectivity index (χ1n) is 8.71. The molecule has 2 aliphatic rings. The summed E-state index contributed by atoms with van der Waals surface area (Å²) in [6, 6.07) is 8.44. The van der Waals surface area contributed by atoms with Crippen LogP contribution in [0, 0.1) is 6.92 Å². The molecule has 0 bridgehead atoms. The molecule has 1 aromatic carbocycles. The quantitative estimate of drug-likeness (QED) is 0.820. The molecule has 2 N–H and O–H groups in total. The van der Waals surface area contributed by atoms with Crippen molar-refractivity contribution < 1.29 is 14.3 Å². The minimum atomic E-state index is -0.249. The lowest BCUT2D eigenvalue weighted by Crippen LogP contribution is -2.53. The standard InChI is InChI=1S/C18H27N3O3/c1-14-3-2-4-15(11-14)17(21-6-9-23-10-7-21)12-20-18(22)16-13-24-8-5-19-16/h2-4,11,16-17,19H,5-10,12-13H2,1H3,(H,20,22). The zero-order valence-corrected chi connectivity index (χ0v) is 14.3. The van der Waals surface area contributed by atoms with E-state index < -0.39 is 0 Å². The number of amides is 1. The van der Waals surface area contributed by atoms with E-state index in [4.69, 9.17) is 9.47 Å². The maximum absolute atomic E-state index is 12.4. The summed E-state index contributed by atoms with van der Waals surface area (Å²) in [4.78, 5) is 14.8. The van der Waals surface area contributed by atoms with Gasteiger partial charge in [-0.3, -0.25) is 9.69 Å². The third-order valence-electron chi connectivity index (χ3n) is 4.62. The summed E-state index contributed by atoms with van der Waals surface area (Å²) in [5, 5.41) is 6.30. The van der Waals surface area contributed by atoms with Crippen LogP contribution in [0.2, 0.25) is 0 Å². The van der Waals surface area contributed by atoms with E-state index in [-0.39, 0.29) is 18.0 Å². The van der Waals surface area contributed by atoms with Crippen molar-refractivity contribution in [1.82, 2.24) is 15.5 Å². The van der Waals surface area contributed by atoms with Crippen molar-refractivity contribution in [3.8, 4) is 0 Å². The maximum Gasteiger partial charge on any atom is 0.239 e. The van der Waals surface area contributed by atoms with E-state index in [2.05, 4.69) is 46.7 Å². The van der Waals surface area contributed by atoms with Gasteiger partial charge in [0.1, 0.15) is 6.04 Å². The number of aryl methyl sites for hydroxylation is 1. The van der Waals surface area contributed by atoms with Gasteiger partial charge in [-0.15, -0.1) is 0 Å². The van der Waals surface area contributed by atoms with E-state index in [1.165, 1.54) is 11.1 Å². The normalized spacial score (nSPS) is 23.6. The van der Waals surface area contributed by atoms with E-state index in [9.17, 15) is 4.79 Å². The van der Waals surface area contributed by atoms with Crippen molar-refractivity contribution in [1.29, 1.82) is 0 Å². The predicted molar refractivity (Wildman–Crippen MR) is 91.9 cm³/mol. The minimum Gasteiger partial charge on any atom is -0.379 e. The third kappa shape index (κ3) is 4.54. The average Bonchev–Trinajstić information content (AvgIpc) is 2.63. The molecule has 0 aromatic heterocycles. The highest BCUT2D eigenvalue weighted by atomic mass is 16.5. The molecule has 2 atom stereocenters. The summed E-state index contributed by atoms with van der Waals surface area (Å²) in [6.07, 6.45) is 0. The molecule has 0 radical (unpaired) electrons. The Morgan fingerprint density at radius 3 is 2.88 bits per heavy atom. The van der Waals surface area contributed by atoms with Crippen molar-refractivity contribution in [2.45, 2.75) is 19.0 Å². The van der Waals surface area contributed by atoms with E-state index in [0.717, 1.165) is 32.8 Å².